The second kappa shape index (κ2) is 6.32. The normalized spacial score (nSPS) is 28.2. The number of hydrogen-bond acceptors (Lipinski definition) is 4. The topological polar surface area (TPSA) is 56.5 Å². The fourth-order valence-corrected chi connectivity index (χ4v) is 1.54. The summed E-state index contributed by atoms with van der Waals surface area (Å²) in [7, 11) is 1.71. The minimum atomic E-state index is 0.286. The molecule has 1 rings (SSSR count). The van der Waals surface area contributed by atoms with E-state index in [0.29, 0.717) is 12.6 Å². The summed E-state index contributed by atoms with van der Waals surface area (Å²) < 4.78 is 10.6. The molecule has 1 aliphatic heterocycles. The van der Waals surface area contributed by atoms with Crippen LogP contribution in [0.5, 0.6) is 0 Å². The molecule has 0 bridgehead atoms. The maximum Gasteiger partial charge on any atom is 0.0704 e. The molecule has 4 heteroatoms. The van der Waals surface area contributed by atoms with Gasteiger partial charge in [-0.1, -0.05) is 0 Å². The van der Waals surface area contributed by atoms with Gasteiger partial charge in [-0.2, -0.15) is 0 Å². The Hall–Kier alpha value is -0.160. The Morgan fingerprint density at radius 1 is 1.46 bits per heavy atom. The van der Waals surface area contributed by atoms with Crippen LogP contribution in [0, 0.1) is 0 Å². The largest absolute Gasteiger partial charge is 0.383 e. The lowest BCUT2D eigenvalue weighted by atomic mass is 10.2. The molecule has 78 valence electrons. The van der Waals surface area contributed by atoms with Crippen molar-refractivity contribution >= 4 is 0 Å². The van der Waals surface area contributed by atoms with Gasteiger partial charge in [0.05, 0.1) is 18.8 Å². The zero-order chi connectivity index (χ0) is 9.52. The van der Waals surface area contributed by atoms with Crippen LogP contribution in [-0.2, 0) is 9.47 Å². The molecule has 1 heterocycles. The molecular formula is C9H20N2O2. The molecule has 0 aromatic carbocycles. The summed E-state index contributed by atoms with van der Waals surface area (Å²) >= 11 is 0. The van der Waals surface area contributed by atoms with Gasteiger partial charge in [0.15, 0.2) is 0 Å². The van der Waals surface area contributed by atoms with Crippen molar-refractivity contribution in [3.8, 4) is 0 Å². The SMILES string of the molecule is COCCNCC1CCC(CN)O1. The van der Waals surface area contributed by atoms with Crippen LogP contribution < -0.4 is 11.1 Å². The van der Waals surface area contributed by atoms with Crippen molar-refractivity contribution in [3.63, 3.8) is 0 Å². The number of rotatable bonds is 6. The zero-order valence-corrected chi connectivity index (χ0v) is 8.29. The van der Waals surface area contributed by atoms with Gasteiger partial charge >= 0.3 is 0 Å². The molecular weight excluding hydrogens is 168 g/mol. The van der Waals surface area contributed by atoms with Gasteiger partial charge in [-0.05, 0) is 12.8 Å². The van der Waals surface area contributed by atoms with E-state index in [0.717, 1.165) is 32.5 Å². The van der Waals surface area contributed by atoms with Gasteiger partial charge in [-0.25, -0.2) is 0 Å². The monoisotopic (exact) mass is 188 g/mol. The lowest BCUT2D eigenvalue weighted by molar-refractivity contribution is 0.0495. The van der Waals surface area contributed by atoms with Crippen LogP contribution in [0.1, 0.15) is 12.8 Å². The second-order valence-corrected chi connectivity index (χ2v) is 3.39. The predicted molar refractivity (Wildman–Crippen MR) is 51.7 cm³/mol. The molecule has 4 nitrogen and oxygen atoms in total. The Labute approximate surface area is 79.8 Å². The first-order valence-electron chi connectivity index (χ1n) is 4.92. The summed E-state index contributed by atoms with van der Waals surface area (Å²) in [4.78, 5) is 0. The average Bonchev–Trinajstić information content (AvgIpc) is 2.60. The lowest BCUT2D eigenvalue weighted by Gasteiger charge is -2.12. The third-order valence-electron chi connectivity index (χ3n) is 2.31. The summed E-state index contributed by atoms with van der Waals surface area (Å²) in [5, 5.41) is 3.28. The number of ether oxygens (including phenoxy) is 2. The van der Waals surface area contributed by atoms with E-state index in [2.05, 4.69) is 5.32 Å². The summed E-state index contributed by atoms with van der Waals surface area (Å²) in [6.45, 7) is 3.21. The molecule has 2 atom stereocenters. The highest BCUT2D eigenvalue weighted by Gasteiger charge is 2.23. The molecule has 3 N–H and O–H groups in total. The first-order chi connectivity index (χ1) is 6.36. The molecule has 0 aromatic heterocycles. The van der Waals surface area contributed by atoms with Crippen LogP contribution >= 0.6 is 0 Å². The molecule has 0 aromatic rings. The summed E-state index contributed by atoms with van der Waals surface area (Å²) in [6.07, 6.45) is 2.87. The highest BCUT2D eigenvalue weighted by atomic mass is 16.5. The Morgan fingerprint density at radius 3 is 2.85 bits per heavy atom. The molecule has 1 fully saturated rings. The Balaban J connectivity index is 1.97. The minimum absolute atomic E-state index is 0.286. The molecule has 0 radical (unpaired) electrons. The highest BCUT2D eigenvalue weighted by Crippen LogP contribution is 2.17. The predicted octanol–water partition coefficient (Wildman–Crippen LogP) is -0.271. The van der Waals surface area contributed by atoms with Gasteiger partial charge in [0, 0.05) is 26.7 Å². The number of methoxy groups -OCH3 is 1. The van der Waals surface area contributed by atoms with E-state index in [1.165, 1.54) is 0 Å². The fraction of sp³-hybridized carbons (Fsp3) is 1.00. The maximum absolute atomic E-state index is 5.66. The van der Waals surface area contributed by atoms with Gasteiger partial charge in [-0.15, -0.1) is 0 Å². The van der Waals surface area contributed by atoms with Crippen LogP contribution in [0.2, 0.25) is 0 Å². The Morgan fingerprint density at radius 2 is 2.23 bits per heavy atom. The minimum Gasteiger partial charge on any atom is -0.383 e. The quantitative estimate of drug-likeness (QED) is 0.563. The van der Waals surface area contributed by atoms with Gasteiger partial charge in [0.2, 0.25) is 0 Å². The van der Waals surface area contributed by atoms with Gasteiger partial charge in [-0.3, -0.25) is 0 Å². The van der Waals surface area contributed by atoms with Crippen molar-refractivity contribution in [2.45, 2.75) is 25.0 Å². The molecule has 1 saturated heterocycles. The zero-order valence-electron chi connectivity index (χ0n) is 8.29. The number of hydrogen-bond donors (Lipinski definition) is 2. The van der Waals surface area contributed by atoms with E-state index in [1.807, 2.05) is 0 Å². The van der Waals surface area contributed by atoms with E-state index >= 15 is 0 Å². The van der Waals surface area contributed by atoms with E-state index in [-0.39, 0.29) is 6.10 Å². The smallest absolute Gasteiger partial charge is 0.0704 e. The van der Waals surface area contributed by atoms with Crippen molar-refractivity contribution in [2.75, 3.05) is 33.4 Å². The third kappa shape index (κ3) is 4.04. The molecule has 0 aliphatic carbocycles. The lowest BCUT2D eigenvalue weighted by Crippen LogP contribution is -2.30. The maximum atomic E-state index is 5.66. The molecule has 0 spiro atoms. The number of nitrogens with one attached hydrogen (secondary N) is 1. The van der Waals surface area contributed by atoms with Crippen LogP contribution in [0.15, 0.2) is 0 Å². The van der Waals surface area contributed by atoms with Crippen molar-refractivity contribution in [3.05, 3.63) is 0 Å². The first kappa shape index (κ1) is 10.9. The summed E-state index contributed by atoms with van der Waals surface area (Å²) in [6, 6.07) is 0. The fourth-order valence-electron chi connectivity index (χ4n) is 1.54. The molecule has 0 amide bonds. The van der Waals surface area contributed by atoms with Crippen LogP contribution in [-0.4, -0.2) is 45.6 Å². The van der Waals surface area contributed by atoms with Crippen molar-refractivity contribution < 1.29 is 9.47 Å². The standard InChI is InChI=1S/C9H20N2O2/c1-12-5-4-11-7-9-3-2-8(6-10)13-9/h8-9,11H,2-7,10H2,1H3. The van der Waals surface area contributed by atoms with Crippen LogP contribution in [0.4, 0.5) is 0 Å². The van der Waals surface area contributed by atoms with Crippen LogP contribution in [0.25, 0.3) is 0 Å². The Bertz CT molecular complexity index is 133. The van der Waals surface area contributed by atoms with Gasteiger partial charge < -0.3 is 20.5 Å². The average molecular weight is 188 g/mol. The van der Waals surface area contributed by atoms with E-state index in [4.69, 9.17) is 15.2 Å². The Kier molecular flexibility index (Phi) is 5.31. The number of nitrogens with two attached hydrogens (primary N) is 1. The molecule has 13 heavy (non-hydrogen) atoms. The third-order valence-corrected chi connectivity index (χ3v) is 2.31. The van der Waals surface area contributed by atoms with Gasteiger partial charge in [0.25, 0.3) is 0 Å². The first-order valence-corrected chi connectivity index (χ1v) is 4.92. The second-order valence-electron chi connectivity index (χ2n) is 3.39. The van der Waals surface area contributed by atoms with E-state index in [9.17, 15) is 0 Å². The van der Waals surface area contributed by atoms with Crippen molar-refractivity contribution in [2.24, 2.45) is 5.73 Å². The highest BCUT2D eigenvalue weighted by molar-refractivity contribution is 4.75. The van der Waals surface area contributed by atoms with Gasteiger partial charge in [0.1, 0.15) is 0 Å². The summed E-state index contributed by atoms with van der Waals surface area (Å²) in [5.74, 6) is 0. The van der Waals surface area contributed by atoms with Crippen LogP contribution in [0.3, 0.4) is 0 Å². The molecule has 1 aliphatic rings. The van der Waals surface area contributed by atoms with E-state index in [1.54, 1.807) is 7.11 Å². The summed E-state index contributed by atoms with van der Waals surface area (Å²) in [5.41, 5.74) is 5.51. The molecule has 2 unspecified atom stereocenters. The van der Waals surface area contributed by atoms with E-state index < -0.39 is 0 Å². The van der Waals surface area contributed by atoms with Crippen molar-refractivity contribution in [1.82, 2.24) is 5.32 Å². The molecule has 0 saturated carbocycles. The van der Waals surface area contributed by atoms with Crippen molar-refractivity contribution in [1.29, 1.82) is 0 Å².